The maximum Gasteiger partial charge on any atom is 0.307 e. The third-order valence-electron chi connectivity index (χ3n) is 5.15. The Kier molecular flexibility index (Phi) is 5.96. The Hall–Kier alpha value is -3.31. The topological polar surface area (TPSA) is 112 Å². The number of nitro groups is 1. The Morgan fingerprint density at radius 3 is 3.00 bits per heavy atom. The molecule has 0 bridgehead atoms. The molecule has 2 aliphatic rings. The first-order chi connectivity index (χ1) is 14.9. The maximum atomic E-state index is 12.8. The Morgan fingerprint density at radius 1 is 1.48 bits per heavy atom. The average molecular weight is 443 g/mol. The number of methoxy groups -OCH3 is 1. The molecule has 4 rings (SSSR count). The molecule has 0 aliphatic carbocycles. The van der Waals surface area contributed by atoms with Gasteiger partial charge in [0.2, 0.25) is 0 Å². The summed E-state index contributed by atoms with van der Waals surface area (Å²) in [5, 5.41) is 18.3. The van der Waals surface area contributed by atoms with Crippen molar-refractivity contribution in [2.24, 2.45) is 0 Å². The van der Waals surface area contributed by atoms with Crippen LogP contribution in [0, 0.1) is 10.1 Å². The minimum absolute atomic E-state index is 0.00812. The van der Waals surface area contributed by atoms with Crippen LogP contribution in [0.2, 0.25) is 0 Å². The number of carbonyl (C=O) groups excluding carboxylic acids is 1. The zero-order chi connectivity index (χ0) is 22.0. The van der Waals surface area contributed by atoms with E-state index in [2.05, 4.69) is 10.4 Å². The SMILES string of the molecule is COc1ccc(/C=C2/NC(=S)N(CC3CCCO3)C2=O)cc1Cn1cc([N+](=O)[O-])cn1. The fraction of sp³-hybridized carbons (Fsp3) is 0.350. The molecule has 1 unspecified atom stereocenters. The third-order valence-corrected chi connectivity index (χ3v) is 5.47. The number of carbonyl (C=O) groups is 1. The highest BCUT2D eigenvalue weighted by molar-refractivity contribution is 7.80. The van der Waals surface area contributed by atoms with Gasteiger partial charge in [-0.25, -0.2) is 0 Å². The molecule has 2 fully saturated rings. The Balaban J connectivity index is 1.54. The monoisotopic (exact) mass is 443 g/mol. The minimum Gasteiger partial charge on any atom is -0.496 e. The predicted octanol–water partition coefficient (Wildman–Crippen LogP) is 2.08. The van der Waals surface area contributed by atoms with Crippen LogP contribution in [-0.4, -0.2) is 57.0 Å². The minimum atomic E-state index is -0.496. The van der Waals surface area contributed by atoms with E-state index in [1.807, 2.05) is 12.1 Å². The summed E-state index contributed by atoms with van der Waals surface area (Å²) in [6, 6.07) is 5.45. The van der Waals surface area contributed by atoms with Gasteiger partial charge in [0.15, 0.2) is 5.11 Å². The van der Waals surface area contributed by atoms with Crippen molar-refractivity contribution >= 4 is 35.0 Å². The first-order valence-electron chi connectivity index (χ1n) is 9.74. The lowest BCUT2D eigenvalue weighted by Crippen LogP contribution is -2.37. The van der Waals surface area contributed by atoms with Gasteiger partial charge in [0.25, 0.3) is 5.91 Å². The summed E-state index contributed by atoms with van der Waals surface area (Å²) in [6.45, 7) is 1.43. The van der Waals surface area contributed by atoms with Crippen molar-refractivity contribution in [1.29, 1.82) is 0 Å². The molecular formula is C20H21N5O5S. The van der Waals surface area contributed by atoms with Crippen LogP contribution in [0.15, 0.2) is 36.3 Å². The molecule has 0 spiro atoms. The lowest BCUT2D eigenvalue weighted by molar-refractivity contribution is -0.385. The summed E-state index contributed by atoms with van der Waals surface area (Å²) in [5.74, 6) is 0.419. The number of hydrogen-bond donors (Lipinski definition) is 1. The smallest absolute Gasteiger partial charge is 0.307 e. The lowest BCUT2D eigenvalue weighted by atomic mass is 10.1. The predicted molar refractivity (Wildman–Crippen MR) is 115 cm³/mol. The van der Waals surface area contributed by atoms with Gasteiger partial charge in [-0.3, -0.25) is 24.5 Å². The molecule has 0 radical (unpaired) electrons. The second-order valence-corrected chi connectivity index (χ2v) is 7.65. The van der Waals surface area contributed by atoms with Crippen LogP contribution in [0.4, 0.5) is 5.69 Å². The van der Waals surface area contributed by atoms with E-state index in [0.29, 0.717) is 29.7 Å². The van der Waals surface area contributed by atoms with Crippen LogP contribution in [0.1, 0.15) is 24.0 Å². The molecule has 1 aromatic heterocycles. The second-order valence-electron chi connectivity index (χ2n) is 7.26. The van der Waals surface area contributed by atoms with Gasteiger partial charge >= 0.3 is 5.69 Å². The molecule has 1 aromatic carbocycles. The van der Waals surface area contributed by atoms with Gasteiger partial charge in [-0.1, -0.05) is 6.07 Å². The molecule has 2 aromatic rings. The summed E-state index contributed by atoms with van der Waals surface area (Å²) in [4.78, 5) is 24.7. The molecule has 162 valence electrons. The van der Waals surface area contributed by atoms with Crippen molar-refractivity contribution < 1.29 is 19.2 Å². The highest BCUT2D eigenvalue weighted by atomic mass is 32.1. The van der Waals surface area contributed by atoms with Gasteiger partial charge in [-0.05, 0) is 48.8 Å². The number of ether oxygens (including phenoxy) is 2. The van der Waals surface area contributed by atoms with E-state index in [1.54, 1.807) is 19.3 Å². The van der Waals surface area contributed by atoms with Crippen molar-refractivity contribution in [3.63, 3.8) is 0 Å². The van der Waals surface area contributed by atoms with Crippen molar-refractivity contribution in [3.05, 3.63) is 57.5 Å². The molecule has 10 nitrogen and oxygen atoms in total. The van der Waals surface area contributed by atoms with Crippen LogP contribution < -0.4 is 10.1 Å². The van der Waals surface area contributed by atoms with Crippen molar-refractivity contribution in [2.75, 3.05) is 20.3 Å². The average Bonchev–Trinajstić information content (AvgIpc) is 3.47. The number of hydrogen-bond acceptors (Lipinski definition) is 7. The van der Waals surface area contributed by atoms with Gasteiger partial charge < -0.3 is 14.8 Å². The standard InChI is InChI=1S/C20H21N5O5S/c1-29-18-5-4-13(7-14(18)10-23-11-15(9-21-23)25(27)28)8-17-19(26)24(20(31)22-17)12-16-3-2-6-30-16/h4-5,7-9,11,16H,2-3,6,10,12H2,1H3,(H,22,31)/b17-8+. The van der Waals surface area contributed by atoms with E-state index in [4.69, 9.17) is 21.7 Å². The normalized spacial score (nSPS) is 19.8. The van der Waals surface area contributed by atoms with E-state index >= 15 is 0 Å². The Labute approximate surface area is 183 Å². The fourth-order valence-electron chi connectivity index (χ4n) is 3.62. The third kappa shape index (κ3) is 4.57. The van der Waals surface area contributed by atoms with Gasteiger partial charge in [-0.2, -0.15) is 5.10 Å². The maximum absolute atomic E-state index is 12.8. The first kappa shape index (κ1) is 20.9. The van der Waals surface area contributed by atoms with Gasteiger partial charge in [-0.15, -0.1) is 0 Å². The molecule has 1 N–H and O–H groups in total. The number of thiocarbonyl (C=S) groups is 1. The molecule has 1 amide bonds. The molecular weight excluding hydrogens is 422 g/mol. The first-order valence-corrected chi connectivity index (χ1v) is 10.2. The molecule has 2 aliphatic heterocycles. The fourth-order valence-corrected chi connectivity index (χ4v) is 3.88. The Morgan fingerprint density at radius 2 is 2.32 bits per heavy atom. The number of rotatable bonds is 7. The number of aromatic nitrogens is 2. The van der Waals surface area contributed by atoms with E-state index in [-0.39, 0.29) is 24.2 Å². The largest absolute Gasteiger partial charge is 0.496 e. The molecule has 0 saturated carbocycles. The molecule has 2 saturated heterocycles. The summed E-state index contributed by atoms with van der Waals surface area (Å²) in [5.41, 5.74) is 1.82. The summed E-state index contributed by atoms with van der Waals surface area (Å²) in [7, 11) is 1.55. The van der Waals surface area contributed by atoms with Crippen LogP contribution >= 0.6 is 12.2 Å². The highest BCUT2D eigenvalue weighted by Gasteiger charge is 2.33. The summed E-state index contributed by atoms with van der Waals surface area (Å²) < 4.78 is 12.5. The number of nitrogens with zero attached hydrogens (tertiary/aromatic N) is 4. The molecule has 11 heteroatoms. The van der Waals surface area contributed by atoms with E-state index in [0.717, 1.165) is 24.0 Å². The van der Waals surface area contributed by atoms with Gasteiger partial charge in [0.05, 0.1) is 31.2 Å². The highest BCUT2D eigenvalue weighted by Crippen LogP contribution is 2.24. The van der Waals surface area contributed by atoms with E-state index in [1.165, 1.54) is 22.0 Å². The van der Waals surface area contributed by atoms with Crippen molar-refractivity contribution in [3.8, 4) is 5.75 Å². The Bertz CT molecular complexity index is 1060. The summed E-state index contributed by atoms with van der Waals surface area (Å²) >= 11 is 5.33. The summed E-state index contributed by atoms with van der Waals surface area (Å²) in [6.07, 6.45) is 6.19. The van der Waals surface area contributed by atoms with E-state index < -0.39 is 4.92 Å². The van der Waals surface area contributed by atoms with Crippen molar-refractivity contribution in [1.82, 2.24) is 20.0 Å². The van der Waals surface area contributed by atoms with Gasteiger partial charge in [0.1, 0.15) is 23.8 Å². The van der Waals surface area contributed by atoms with Crippen LogP contribution in [0.3, 0.4) is 0 Å². The number of benzene rings is 1. The zero-order valence-electron chi connectivity index (χ0n) is 16.8. The van der Waals surface area contributed by atoms with Gasteiger partial charge in [0, 0.05) is 12.2 Å². The van der Waals surface area contributed by atoms with Crippen LogP contribution in [0.5, 0.6) is 5.75 Å². The quantitative estimate of drug-likeness (QED) is 0.300. The molecule has 31 heavy (non-hydrogen) atoms. The number of amides is 1. The van der Waals surface area contributed by atoms with Crippen molar-refractivity contribution in [2.45, 2.75) is 25.5 Å². The van der Waals surface area contributed by atoms with Crippen LogP contribution in [0.25, 0.3) is 6.08 Å². The number of nitrogens with one attached hydrogen (secondary N) is 1. The zero-order valence-corrected chi connectivity index (χ0v) is 17.6. The van der Waals surface area contributed by atoms with E-state index in [9.17, 15) is 14.9 Å². The van der Waals surface area contributed by atoms with Crippen LogP contribution in [-0.2, 0) is 16.1 Å². The molecule has 1 atom stereocenters. The lowest BCUT2D eigenvalue weighted by Gasteiger charge is -2.18. The second kappa shape index (κ2) is 8.82. The molecule has 3 heterocycles.